The van der Waals surface area contributed by atoms with Crippen LogP contribution in [0.3, 0.4) is 0 Å². The molecule has 1 saturated carbocycles. The van der Waals surface area contributed by atoms with Crippen molar-refractivity contribution in [1.29, 1.82) is 0 Å². The van der Waals surface area contributed by atoms with E-state index in [4.69, 9.17) is 9.05 Å². The molecule has 1 atom stereocenters. The lowest BCUT2D eigenvalue weighted by atomic mass is 9.84. The van der Waals surface area contributed by atoms with Gasteiger partial charge < -0.3 is 9.05 Å². The van der Waals surface area contributed by atoms with E-state index in [1.807, 2.05) is 44.2 Å². The highest BCUT2D eigenvalue weighted by atomic mass is 32.7. The largest absolute Gasteiger partial charge is 0.389 e. The number of hydrogen-bond acceptors (Lipinski definition) is 5. The Balaban J connectivity index is 2.14. The van der Waals surface area contributed by atoms with Crippen molar-refractivity contribution in [2.24, 2.45) is 5.92 Å². The molecule has 1 aromatic rings. The number of ketones is 1. The Labute approximate surface area is 155 Å². The maximum atomic E-state index is 13.0. The average molecular weight is 384 g/mol. The molecule has 1 aromatic carbocycles. The van der Waals surface area contributed by atoms with E-state index in [-0.39, 0.29) is 11.0 Å². The quantitative estimate of drug-likeness (QED) is 0.359. The van der Waals surface area contributed by atoms with Gasteiger partial charge in [0.2, 0.25) is 0 Å². The summed E-state index contributed by atoms with van der Waals surface area (Å²) in [5.74, 6) is 0.490. The first-order chi connectivity index (χ1) is 12.1. The molecule has 0 bridgehead atoms. The minimum Gasteiger partial charge on any atom is -0.301 e. The second-order valence-electron chi connectivity index (χ2n) is 6.32. The zero-order valence-electron chi connectivity index (χ0n) is 15.2. The molecule has 0 amide bonds. The molecule has 0 heterocycles. The van der Waals surface area contributed by atoms with E-state index in [2.05, 4.69) is 0 Å². The minimum atomic E-state index is -3.23. The molecule has 0 radical (unpaired) electrons. The van der Waals surface area contributed by atoms with Gasteiger partial charge in [0, 0.05) is 17.2 Å². The Hall–Kier alpha value is -0.610. The highest BCUT2D eigenvalue weighted by Crippen LogP contribution is 2.64. The number of carbonyl (C=O) groups is 1. The first-order valence-corrected chi connectivity index (χ1v) is 12.3. The van der Waals surface area contributed by atoms with Crippen LogP contribution in [-0.2, 0) is 13.6 Å². The lowest BCUT2D eigenvalue weighted by Gasteiger charge is -2.31. The molecule has 0 spiro atoms. The monoisotopic (exact) mass is 384 g/mol. The molecule has 0 unspecified atom stereocenters. The summed E-state index contributed by atoms with van der Waals surface area (Å²) in [6.07, 6.45) is 6.14. The van der Waals surface area contributed by atoms with Gasteiger partial charge in [0.05, 0.1) is 13.2 Å². The van der Waals surface area contributed by atoms with Gasteiger partial charge in [-0.15, -0.1) is 0 Å². The molecule has 2 rings (SSSR count). The van der Waals surface area contributed by atoms with Crippen LogP contribution in [0.15, 0.2) is 30.3 Å². The van der Waals surface area contributed by atoms with Crippen molar-refractivity contribution >= 4 is 24.0 Å². The number of hydrogen-bond donors (Lipinski definition) is 0. The van der Waals surface area contributed by atoms with Crippen LogP contribution in [0.4, 0.5) is 0 Å². The van der Waals surface area contributed by atoms with E-state index in [0.29, 0.717) is 31.1 Å². The molecule has 1 aliphatic carbocycles. The van der Waals surface area contributed by atoms with Gasteiger partial charge >= 0.3 is 6.80 Å². The van der Waals surface area contributed by atoms with Crippen molar-refractivity contribution in [3.63, 3.8) is 0 Å². The van der Waals surface area contributed by atoms with Crippen LogP contribution in [0.25, 0.3) is 0 Å². The molecule has 0 N–H and O–H groups in total. The van der Waals surface area contributed by atoms with Crippen LogP contribution in [0.5, 0.6) is 0 Å². The maximum absolute atomic E-state index is 13.0. The molecule has 0 aliphatic heterocycles. The third-order valence-electron chi connectivity index (χ3n) is 4.50. The van der Waals surface area contributed by atoms with Gasteiger partial charge in [0.1, 0.15) is 0 Å². The van der Waals surface area contributed by atoms with E-state index < -0.39 is 6.80 Å². The maximum Gasteiger partial charge on any atom is 0.389 e. The zero-order valence-corrected chi connectivity index (χ0v) is 16.9. The fourth-order valence-corrected chi connectivity index (χ4v) is 7.86. The Kier molecular flexibility index (Phi) is 8.71. The highest BCUT2D eigenvalue weighted by molar-refractivity contribution is 8.55. The van der Waals surface area contributed by atoms with Crippen molar-refractivity contribution in [3.8, 4) is 0 Å². The SMILES string of the molecule is CCOP(=O)(OCC)S[C@H](CC(=O)c1ccccc1)C1CCCCC1. The molecule has 1 fully saturated rings. The summed E-state index contributed by atoms with van der Waals surface area (Å²) in [4.78, 5) is 12.7. The minimum absolute atomic E-state index is 0.0306. The summed E-state index contributed by atoms with van der Waals surface area (Å²) in [6.45, 7) is 1.09. The lowest BCUT2D eigenvalue weighted by molar-refractivity contribution is 0.0973. The van der Waals surface area contributed by atoms with Gasteiger partial charge in [-0.1, -0.05) is 49.6 Å². The van der Waals surface area contributed by atoms with Crippen LogP contribution in [0.2, 0.25) is 0 Å². The molecular weight excluding hydrogens is 355 g/mol. The fourth-order valence-electron chi connectivity index (χ4n) is 3.30. The van der Waals surface area contributed by atoms with Crippen molar-refractivity contribution in [3.05, 3.63) is 35.9 Å². The summed E-state index contributed by atoms with van der Waals surface area (Å²) >= 11 is 1.26. The van der Waals surface area contributed by atoms with E-state index in [0.717, 1.165) is 12.8 Å². The topological polar surface area (TPSA) is 52.6 Å². The van der Waals surface area contributed by atoms with Crippen LogP contribution in [-0.4, -0.2) is 24.2 Å². The van der Waals surface area contributed by atoms with Gasteiger partial charge in [-0.3, -0.25) is 4.79 Å². The summed E-state index contributed by atoms with van der Waals surface area (Å²) in [7, 11) is 0. The van der Waals surface area contributed by atoms with Gasteiger partial charge in [-0.05, 0) is 44.0 Å². The van der Waals surface area contributed by atoms with Gasteiger partial charge in [-0.2, -0.15) is 0 Å². The molecule has 4 nitrogen and oxygen atoms in total. The summed E-state index contributed by atoms with van der Waals surface area (Å²) < 4.78 is 23.9. The van der Waals surface area contributed by atoms with Crippen LogP contribution in [0.1, 0.15) is 62.7 Å². The first-order valence-electron chi connectivity index (χ1n) is 9.23. The summed E-state index contributed by atoms with van der Waals surface area (Å²) in [5.41, 5.74) is 0.714. The van der Waals surface area contributed by atoms with Crippen molar-refractivity contribution in [2.75, 3.05) is 13.2 Å². The first kappa shape index (κ1) is 20.7. The van der Waals surface area contributed by atoms with Crippen LogP contribution < -0.4 is 0 Å². The molecule has 6 heteroatoms. The highest BCUT2D eigenvalue weighted by Gasteiger charge is 2.35. The second-order valence-corrected chi connectivity index (χ2v) is 10.5. The normalized spacial score (nSPS) is 17.4. The van der Waals surface area contributed by atoms with Gasteiger partial charge in [0.25, 0.3) is 0 Å². The number of Topliss-reactive ketones (excluding diaryl/α,β-unsaturated/α-hetero) is 1. The van der Waals surface area contributed by atoms with Crippen LogP contribution >= 0.6 is 18.2 Å². The molecule has 140 valence electrons. The molecular formula is C19H29O4PS. The Morgan fingerprint density at radius 2 is 1.72 bits per heavy atom. The van der Waals surface area contributed by atoms with Crippen molar-refractivity contribution in [1.82, 2.24) is 0 Å². The standard InChI is InChI=1S/C19H29O4PS/c1-3-22-24(21,23-4-2)25-19(17-13-9-6-10-14-17)15-18(20)16-11-7-5-8-12-16/h5,7-8,11-12,17,19H,3-4,6,9-10,13-15H2,1-2H3/t19-/m1/s1. The Morgan fingerprint density at radius 3 is 2.28 bits per heavy atom. The summed E-state index contributed by atoms with van der Waals surface area (Å²) in [6, 6.07) is 9.34. The van der Waals surface area contributed by atoms with Gasteiger partial charge in [0.15, 0.2) is 5.78 Å². The predicted molar refractivity (Wildman–Crippen MR) is 104 cm³/mol. The van der Waals surface area contributed by atoms with E-state index in [1.165, 1.54) is 30.6 Å². The Bertz CT molecular complexity index is 562. The van der Waals surface area contributed by atoms with Crippen molar-refractivity contribution < 1.29 is 18.4 Å². The Morgan fingerprint density at radius 1 is 1.12 bits per heavy atom. The van der Waals surface area contributed by atoms with Gasteiger partial charge in [-0.25, -0.2) is 4.57 Å². The van der Waals surface area contributed by atoms with Crippen molar-refractivity contribution in [2.45, 2.75) is 57.6 Å². The second kappa shape index (κ2) is 10.5. The van der Waals surface area contributed by atoms with E-state index in [1.54, 1.807) is 0 Å². The summed E-state index contributed by atoms with van der Waals surface area (Å²) in [5, 5.41) is -0.0306. The molecule has 1 aliphatic rings. The average Bonchev–Trinajstić information content (AvgIpc) is 2.63. The zero-order chi connectivity index (χ0) is 18.1. The third kappa shape index (κ3) is 6.56. The molecule has 0 aromatic heterocycles. The molecule has 0 saturated heterocycles. The van der Waals surface area contributed by atoms with E-state index in [9.17, 15) is 9.36 Å². The number of benzene rings is 1. The lowest BCUT2D eigenvalue weighted by Crippen LogP contribution is -2.23. The molecule has 25 heavy (non-hydrogen) atoms. The smallest absolute Gasteiger partial charge is 0.301 e. The number of carbonyl (C=O) groups excluding carboxylic acids is 1. The van der Waals surface area contributed by atoms with Crippen LogP contribution in [0, 0.1) is 5.92 Å². The fraction of sp³-hybridized carbons (Fsp3) is 0.632. The predicted octanol–water partition coefficient (Wildman–Crippen LogP) is 6.12. The number of rotatable bonds is 10. The van der Waals surface area contributed by atoms with E-state index >= 15 is 0 Å². The third-order valence-corrected chi connectivity index (χ3v) is 8.95.